The zero-order valence-corrected chi connectivity index (χ0v) is 11.8. The van der Waals surface area contributed by atoms with E-state index >= 15 is 0 Å². The Labute approximate surface area is 121 Å². The first-order valence-corrected chi connectivity index (χ1v) is 7.46. The minimum Gasteiger partial charge on any atom is -0.385 e. The molecular weight excluding hydrogens is 244 g/mol. The number of nitrogens with two attached hydrogens (primary N) is 1. The van der Waals surface area contributed by atoms with Gasteiger partial charge in [0.1, 0.15) is 0 Å². The van der Waals surface area contributed by atoms with Gasteiger partial charge in [-0.15, -0.1) is 0 Å². The molecule has 20 heavy (non-hydrogen) atoms. The summed E-state index contributed by atoms with van der Waals surface area (Å²) < 4.78 is 0. The second-order valence-electron chi connectivity index (χ2n) is 5.76. The van der Waals surface area contributed by atoms with Crippen LogP contribution in [-0.2, 0) is 0 Å². The first-order valence-electron chi connectivity index (χ1n) is 7.46. The van der Waals surface area contributed by atoms with E-state index in [4.69, 9.17) is 5.73 Å². The van der Waals surface area contributed by atoms with Gasteiger partial charge in [-0.25, -0.2) is 0 Å². The maximum Gasteiger partial charge on any atom is 0.0340 e. The average molecular weight is 266 g/mol. The highest BCUT2D eigenvalue weighted by Gasteiger charge is 2.21. The second-order valence-corrected chi connectivity index (χ2v) is 5.76. The highest BCUT2D eigenvalue weighted by Crippen LogP contribution is 2.25. The maximum absolute atomic E-state index is 5.95. The lowest BCUT2D eigenvalue weighted by Gasteiger charge is -2.12. The normalized spacial score (nSPS) is 21.9. The summed E-state index contributed by atoms with van der Waals surface area (Å²) in [7, 11) is 0. The summed E-state index contributed by atoms with van der Waals surface area (Å²) in [6.07, 6.45) is 3.60. The largest absolute Gasteiger partial charge is 0.385 e. The van der Waals surface area contributed by atoms with E-state index in [9.17, 15) is 0 Å². The highest BCUT2D eigenvalue weighted by atomic mass is 14.9. The third-order valence-electron chi connectivity index (χ3n) is 4.17. The molecule has 2 aromatic carbocycles. The molecular formula is C18H22N2. The lowest BCUT2D eigenvalue weighted by molar-refractivity contribution is 0.566. The van der Waals surface area contributed by atoms with Gasteiger partial charge in [0, 0.05) is 18.3 Å². The Morgan fingerprint density at radius 1 is 0.900 bits per heavy atom. The zero-order valence-electron chi connectivity index (χ0n) is 11.8. The standard InChI is InChI=1S/C18H22N2/c19-17-9-6-14(12-17)13-20-18-10-7-16(8-11-18)15-4-2-1-3-5-15/h1-5,7-8,10-11,14,17,20H,6,9,12-13,19H2. The number of benzene rings is 2. The number of rotatable bonds is 4. The van der Waals surface area contributed by atoms with Crippen molar-refractivity contribution in [1.29, 1.82) is 0 Å². The number of nitrogens with one attached hydrogen (secondary N) is 1. The molecule has 0 aliphatic heterocycles. The summed E-state index contributed by atoms with van der Waals surface area (Å²) in [5.74, 6) is 0.735. The van der Waals surface area contributed by atoms with Crippen molar-refractivity contribution >= 4 is 5.69 Å². The quantitative estimate of drug-likeness (QED) is 0.881. The average Bonchev–Trinajstić information content (AvgIpc) is 2.92. The first-order chi connectivity index (χ1) is 9.81. The Kier molecular flexibility index (Phi) is 4.03. The van der Waals surface area contributed by atoms with Crippen LogP contribution in [0.1, 0.15) is 19.3 Å². The van der Waals surface area contributed by atoms with Crippen molar-refractivity contribution in [2.45, 2.75) is 25.3 Å². The van der Waals surface area contributed by atoms with E-state index in [1.807, 2.05) is 6.07 Å². The molecule has 0 amide bonds. The van der Waals surface area contributed by atoms with Gasteiger partial charge in [0.25, 0.3) is 0 Å². The summed E-state index contributed by atoms with van der Waals surface area (Å²) >= 11 is 0. The summed E-state index contributed by atoms with van der Waals surface area (Å²) in [5, 5.41) is 3.53. The van der Waals surface area contributed by atoms with E-state index < -0.39 is 0 Å². The van der Waals surface area contributed by atoms with E-state index in [1.54, 1.807) is 0 Å². The Morgan fingerprint density at radius 3 is 2.25 bits per heavy atom. The molecule has 2 heteroatoms. The van der Waals surface area contributed by atoms with Crippen molar-refractivity contribution in [3.63, 3.8) is 0 Å². The predicted molar refractivity (Wildman–Crippen MR) is 85.7 cm³/mol. The number of anilines is 1. The van der Waals surface area contributed by atoms with Crippen molar-refractivity contribution in [1.82, 2.24) is 0 Å². The fraction of sp³-hybridized carbons (Fsp3) is 0.333. The molecule has 3 rings (SSSR count). The van der Waals surface area contributed by atoms with Gasteiger partial charge in [-0.2, -0.15) is 0 Å². The first kappa shape index (κ1) is 13.2. The molecule has 2 aromatic rings. The van der Waals surface area contributed by atoms with Gasteiger partial charge in [0.15, 0.2) is 0 Å². The Morgan fingerprint density at radius 2 is 1.60 bits per heavy atom. The SMILES string of the molecule is NC1CCC(CNc2ccc(-c3ccccc3)cc2)C1. The molecule has 0 radical (unpaired) electrons. The number of hydrogen-bond donors (Lipinski definition) is 2. The van der Waals surface area contributed by atoms with Crippen LogP contribution in [0.2, 0.25) is 0 Å². The van der Waals surface area contributed by atoms with Crippen LogP contribution in [0.15, 0.2) is 54.6 Å². The number of hydrogen-bond acceptors (Lipinski definition) is 2. The highest BCUT2D eigenvalue weighted by molar-refractivity contribution is 5.65. The smallest absolute Gasteiger partial charge is 0.0340 e. The van der Waals surface area contributed by atoms with Gasteiger partial charge in [0.2, 0.25) is 0 Å². The Balaban J connectivity index is 1.59. The molecule has 0 bridgehead atoms. The third kappa shape index (κ3) is 3.20. The lowest BCUT2D eigenvalue weighted by Crippen LogP contribution is -2.17. The molecule has 0 saturated heterocycles. The Bertz CT molecular complexity index is 533. The van der Waals surface area contributed by atoms with Crippen molar-refractivity contribution < 1.29 is 0 Å². The van der Waals surface area contributed by atoms with Gasteiger partial charge >= 0.3 is 0 Å². The molecule has 1 fully saturated rings. The van der Waals surface area contributed by atoms with E-state index in [-0.39, 0.29) is 0 Å². The molecule has 0 heterocycles. The molecule has 1 saturated carbocycles. The summed E-state index contributed by atoms with van der Waals surface area (Å²) in [6.45, 7) is 1.04. The molecule has 104 valence electrons. The maximum atomic E-state index is 5.95. The van der Waals surface area contributed by atoms with Crippen LogP contribution in [0.3, 0.4) is 0 Å². The van der Waals surface area contributed by atoms with Gasteiger partial charge < -0.3 is 11.1 Å². The van der Waals surface area contributed by atoms with Crippen LogP contribution in [0.4, 0.5) is 5.69 Å². The molecule has 2 unspecified atom stereocenters. The molecule has 2 atom stereocenters. The topological polar surface area (TPSA) is 38.0 Å². The Hall–Kier alpha value is -1.80. The van der Waals surface area contributed by atoms with E-state index in [1.165, 1.54) is 29.7 Å². The van der Waals surface area contributed by atoms with Gasteiger partial charge in [-0.05, 0) is 48.4 Å². The molecule has 2 nitrogen and oxygen atoms in total. The predicted octanol–water partition coefficient (Wildman–Crippen LogP) is 3.89. The van der Waals surface area contributed by atoms with Crippen molar-refractivity contribution in [3.05, 3.63) is 54.6 Å². The monoisotopic (exact) mass is 266 g/mol. The van der Waals surface area contributed by atoms with Gasteiger partial charge in [-0.1, -0.05) is 42.5 Å². The minimum atomic E-state index is 0.419. The van der Waals surface area contributed by atoms with Crippen LogP contribution >= 0.6 is 0 Å². The summed E-state index contributed by atoms with van der Waals surface area (Å²) in [6, 6.07) is 19.6. The third-order valence-corrected chi connectivity index (χ3v) is 4.17. The van der Waals surface area contributed by atoms with Crippen LogP contribution in [-0.4, -0.2) is 12.6 Å². The van der Waals surface area contributed by atoms with E-state index in [0.717, 1.165) is 18.9 Å². The minimum absolute atomic E-state index is 0.419. The fourth-order valence-corrected chi connectivity index (χ4v) is 2.97. The van der Waals surface area contributed by atoms with Crippen LogP contribution in [0, 0.1) is 5.92 Å². The molecule has 3 N–H and O–H groups in total. The van der Waals surface area contributed by atoms with Gasteiger partial charge in [0.05, 0.1) is 0 Å². The van der Waals surface area contributed by atoms with Crippen molar-refractivity contribution in [2.24, 2.45) is 11.7 Å². The van der Waals surface area contributed by atoms with Crippen LogP contribution in [0.25, 0.3) is 11.1 Å². The second kappa shape index (κ2) is 6.10. The van der Waals surface area contributed by atoms with Gasteiger partial charge in [-0.3, -0.25) is 0 Å². The summed E-state index contributed by atoms with van der Waals surface area (Å²) in [4.78, 5) is 0. The van der Waals surface area contributed by atoms with E-state index in [0.29, 0.717) is 6.04 Å². The lowest BCUT2D eigenvalue weighted by atomic mass is 10.1. The van der Waals surface area contributed by atoms with Crippen molar-refractivity contribution in [3.8, 4) is 11.1 Å². The molecule has 1 aliphatic carbocycles. The zero-order chi connectivity index (χ0) is 13.8. The van der Waals surface area contributed by atoms with Crippen LogP contribution < -0.4 is 11.1 Å². The van der Waals surface area contributed by atoms with E-state index in [2.05, 4.69) is 53.8 Å². The summed E-state index contributed by atoms with van der Waals surface area (Å²) in [5.41, 5.74) is 9.68. The van der Waals surface area contributed by atoms with Crippen LogP contribution in [0.5, 0.6) is 0 Å². The van der Waals surface area contributed by atoms with Crippen molar-refractivity contribution in [2.75, 3.05) is 11.9 Å². The molecule has 0 spiro atoms. The molecule has 1 aliphatic rings. The fourth-order valence-electron chi connectivity index (χ4n) is 2.97. The molecule has 0 aromatic heterocycles.